The van der Waals surface area contributed by atoms with Crippen LogP contribution in [-0.2, 0) is 12.1 Å². The third-order valence-corrected chi connectivity index (χ3v) is 4.25. The number of hydrogen-bond donors (Lipinski definition) is 3. The predicted molar refractivity (Wildman–Crippen MR) is 125 cm³/mol. The number of nitrogens with zero attached hydrogens (tertiary/aromatic N) is 2. The van der Waals surface area contributed by atoms with E-state index in [1.165, 1.54) is 5.56 Å². The van der Waals surface area contributed by atoms with Crippen LogP contribution in [-0.4, -0.2) is 49.2 Å². The molecule has 0 saturated heterocycles. The Morgan fingerprint density at radius 1 is 1.18 bits per heavy atom. The van der Waals surface area contributed by atoms with Crippen molar-refractivity contribution in [2.24, 2.45) is 4.99 Å². The minimum absolute atomic E-state index is 0. The average molecular weight is 500 g/mol. The van der Waals surface area contributed by atoms with Crippen molar-refractivity contribution in [3.8, 4) is 0 Å². The topological polar surface area (TPSA) is 73.0 Å². The molecule has 2 aromatic rings. The number of benzene rings is 1. The highest BCUT2D eigenvalue weighted by Crippen LogP contribution is 2.20. The molecule has 1 aromatic heterocycles. The average Bonchev–Trinajstić information content (AvgIpc) is 3.20. The first-order valence-electron chi connectivity index (χ1n) is 9.52. The first-order chi connectivity index (χ1) is 13.0. The molecule has 1 aromatic carbocycles. The maximum Gasteiger partial charge on any atom is 0.191 e. The largest absolute Gasteiger partial charge is 0.466 e. The van der Waals surface area contributed by atoms with Crippen LogP contribution >= 0.6 is 24.0 Å². The fourth-order valence-corrected chi connectivity index (χ4v) is 2.77. The predicted octanol–water partition coefficient (Wildman–Crippen LogP) is 3.18. The molecule has 0 radical (unpaired) electrons. The lowest BCUT2D eigenvalue weighted by Gasteiger charge is -2.20. The molecule has 0 aliphatic carbocycles. The van der Waals surface area contributed by atoms with Gasteiger partial charge in [-0.1, -0.05) is 30.3 Å². The van der Waals surface area contributed by atoms with Gasteiger partial charge in [0.15, 0.2) is 5.96 Å². The summed E-state index contributed by atoms with van der Waals surface area (Å²) in [4.78, 5) is 6.80. The molecule has 0 amide bonds. The lowest BCUT2D eigenvalue weighted by atomic mass is 10.0. The summed E-state index contributed by atoms with van der Waals surface area (Å²) in [5.41, 5.74) is 0.199. The monoisotopic (exact) mass is 500 g/mol. The molecular formula is C21H33IN4O2. The first-order valence-corrected chi connectivity index (χ1v) is 9.52. The van der Waals surface area contributed by atoms with Crippen LogP contribution in [0, 0.1) is 0 Å². The molecule has 28 heavy (non-hydrogen) atoms. The molecule has 6 nitrogen and oxygen atoms in total. The van der Waals surface area contributed by atoms with Gasteiger partial charge in [-0.05, 0) is 51.6 Å². The number of aliphatic hydroxyl groups is 1. The molecule has 0 saturated carbocycles. The van der Waals surface area contributed by atoms with Crippen molar-refractivity contribution in [2.45, 2.75) is 32.4 Å². The van der Waals surface area contributed by atoms with Crippen molar-refractivity contribution in [2.75, 3.05) is 33.2 Å². The normalized spacial score (nSPS) is 13.7. The number of nitrogens with one attached hydrogen (secondary N) is 2. The summed E-state index contributed by atoms with van der Waals surface area (Å²) < 4.78 is 5.30. The Hall–Kier alpha value is -1.58. The Balaban J connectivity index is 0.00000392. The van der Waals surface area contributed by atoms with Crippen molar-refractivity contribution >= 4 is 29.9 Å². The van der Waals surface area contributed by atoms with E-state index in [-0.39, 0.29) is 30.5 Å². The second-order valence-corrected chi connectivity index (χ2v) is 6.95. The number of aliphatic imine (C=N–C) groups is 1. The quantitative estimate of drug-likeness (QED) is 0.202. The van der Waals surface area contributed by atoms with Crippen LogP contribution in [0.4, 0.5) is 0 Å². The summed E-state index contributed by atoms with van der Waals surface area (Å²) in [5.74, 6) is 1.22. The number of halogens is 1. The van der Waals surface area contributed by atoms with Crippen molar-refractivity contribution in [3.05, 3.63) is 60.1 Å². The van der Waals surface area contributed by atoms with Crippen LogP contribution in [0.15, 0.2) is 58.1 Å². The number of rotatable bonds is 10. The summed E-state index contributed by atoms with van der Waals surface area (Å²) in [5, 5.41) is 17.1. The van der Waals surface area contributed by atoms with E-state index in [1.54, 1.807) is 25.3 Å². The zero-order valence-corrected chi connectivity index (χ0v) is 19.3. The van der Waals surface area contributed by atoms with E-state index in [2.05, 4.69) is 51.8 Å². The molecule has 0 aliphatic rings. The van der Waals surface area contributed by atoms with Crippen LogP contribution in [0.1, 0.15) is 31.6 Å². The van der Waals surface area contributed by atoms with Crippen molar-refractivity contribution < 1.29 is 9.52 Å². The van der Waals surface area contributed by atoms with Crippen molar-refractivity contribution in [3.63, 3.8) is 0 Å². The molecule has 1 heterocycles. The number of hydrogen-bond acceptors (Lipinski definition) is 4. The molecule has 0 bridgehead atoms. The second kappa shape index (κ2) is 12.8. The van der Waals surface area contributed by atoms with Gasteiger partial charge in [0.1, 0.15) is 11.4 Å². The van der Waals surface area contributed by atoms with Gasteiger partial charge in [0.25, 0.3) is 0 Å². The molecule has 3 N–H and O–H groups in total. The molecule has 0 aliphatic heterocycles. The molecule has 1 atom stereocenters. The molecule has 1 unspecified atom stereocenters. The van der Waals surface area contributed by atoms with Crippen LogP contribution in [0.25, 0.3) is 0 Å². The van der Waals surface area contributed by atoms with Crippen LogP contribution in [0.5, 0.6) is 0 Å². The summed E-state index contributed by atoms with van der Waals surface area (Å²) in [7, 11) is 2.13. The highest BCUT2D eigenvalue weighted by Gasteiger charge is 2.26. The highest BCUT2D eigenvalue weighted by molar-refractivity contribution is 14.0. The van der Waals surface area contributed by atoms with E-state index in [0.717, 1.165) is 32.6 Å². The van der Waals surface area contributed by atoms with E-state index in [4.69, 9.17) is 4.42 Å². The van der Waals surface area contributed by atoms with Gasteiger partial charge in [0.05, 0.1) is 12.8 Å². The van der Waals surface area contributed by atoms with Crippen LogP contribution in [0.2, 0.25) is 0 Å². The Morgan fingerprint density at radius 2 is 1.93 bits per heavy atom. The van der Waals surface area contributed by atoms with E-state index >= 15 is 0 Å². The third kappa shape index (κ3) is 8.62. The number of furan rings is 1. The molecule has 7 heteroatoms. The molecule has 156 valence electrons. The van der Waals surface area contributed by atoms with Gasteiger partial charge in [0, 0.05) is 19.6 Å². The van der Waals surface area contributed by atoms with Gasteiger partial charge in [-0.3, -0.25) is 0 Å². The summed E-state index contributed by atoms with van der Waals surface area (Å²) in [6, 6.07) is 14.0. The molecule has 0 spiro atoms. The molecule has 0 fully saturated rings. The Labute approximate surface area is 185 Å². The van der Waals surface area contributed by atoms with Crippen molar-refractivity contribution in [1.82, 2.24) is 15.5 Å². The minimum atomic E-state index is -1.12. The third-order valence-electron chi connectivity index (χ3n) is 4.25. The van der Waals surface area contributed by atoms with Crippen LogP contribution < -0.4 is 10.6 Å². The maximum atomic E-state index is 10.5. The van der Waals surface area contributed by atoms with Crippen LogP contribution in [0.3, 0.4) is 0 Å². The Kier molecular flexibility index (Phi) is 11.2. The molecule has 2 rings (SSSR count). The van der Waals surface area contributed by atoms with E-state index < -0.39 is 5.60 Å². The molecular weight excluding hydrogens is 467 g/mol. The fraction of sp³-hybridized carbons (Fsp3) is 0.476. The van der Waals surface area contributed by atoms with E-state index in [9.17, 15) is 5.11 Å². The van der Waals surface area contributed by atoms with Gasteiger partial charge in [-0.2, -0.15) is 0 Å². The maximum absolute atomic E-state index is 10.5. The fourth-order valence-electron chi connectivity index (χ4n) is 2.77. The SMILES string of the molecule is CCNC(=NCC(C)(O)c1ccco1)NCCCN(C)Cc1ccccc1.I. The zero-order chi connectivity index (χ0) is 19.5. The standard InChI is InChI=1S/C21H32N4O2.HI/c1-4-22-20(24-17-21(2,26)19-12-8-15-27-19)23-13-9-14-25(3)16-18-10-6-5-7-11-18;/h5-8,10-12,15,26H,4,9,13-14,16-17H2,1-3H3,(H2,22,23,24);1H. The highest BCUT2D eigenvalue weighted by atomic mass is 127. The van der Waals surface area contributed by atoms with Crippen molar-refractivity contribution in [1.29, 1.82) is 0 Å². The van der Waals surface area contributed by atoms with E-state index in [0.29, 0.717) is 11.7 Å². The summed E-state index contributed by atoms with van der Waals surface area (Å²) in [6.45, 7) is 7.47. The number of guanidine groups is 1. The zero-order valence-electron chi connectivity index (χ0n) is 17.0. The smallest absolute Gasteiger partial charge is 0.191 e. The lowest BCUT2D eigenvalue weighted by molar-refractivity contribution is 0.0437. The van der Waals surface area contributed by atoms with Gasteiger partial charge in [-0.15, -0.1) is 24.0 Å². The van der Waals surface area contributed by atoms with Gasteiger partial charge < -0.3 is 25.1 Å². The Morgan fingerprint density at radius 3 is 2.57 bits per heavy atom. The lowest BCUT2D eigenvalue weighted by Crippen LogP contribution is -2.39. The van der Waals surface area contributed by atoms with Gasteiger partial charge in [0.2, 0.25) is 0 Å². The summed E-state index contributed by atoms with van der Waals surface area (Å²) in [6.07, 6.45) is 2.56. The summed E-state index contributed by atoms with van der Waals surface area (Å²) >= 11 is 0. The van der Waals surface area contributed by atoms with Gasteiger partial charge in [-0.25, -0.2) is 4.99 Å². The first kappa shape index (κ1) is 24.5. The minimum Gasteiger partial charge on any atom is -0.466 e. The second-order valence-electron chi connectivity index (χ2n) is 6.95. The van der Waals surface area contributed by atoms with E-state index in [1.807, 2.05) is 13.0 Å². The Bertz CT molecular complexity index is 675. The van der Waals surface area contributed by atoms with Gasteiger partial charge >= 0.3 is 0 Å².